The fraction of sp³-hybridized carbons (Fsp3) is 0.595. The predicted octanol–water partition coefficient (Wildman–Crippen LogP) is 7.03. The molecular weight excluding hydrogens is 708 g/mol. The number of rotatable bonds is 10. The third-order valence-corrected chi connectivity index (χ3v) is 13.1. The molecule has 4 aliphatic rings. The van der Waals surface area contributed by atoms with Crippen molar-refractivity contribution in [1.82, 2.24) is 19.9 Å². The molecule has 2 saturated heterocycles. The Hall–Kier alpha value is -3.91. The molecule has 2 N–H and O–H groups in total. The molecule has 296 valence electrons. The van der Waals surface area contributed by atoms with Crippen LogP contribution in [0.4, 0.5) is 14.6 Å². The number of benzene rings is 2. The SMILES string of the molecule is CCC1(COC)CCC(N2CCCC3(COc4nc(N5CCOCC(O)C5)c5c(OC)nc(-c6cc(O)cc7cccc(F)c67)c(F)c5n4)CCCC23)CC1. The van der Waals surface area contributed by atoms with Gasteiger partial charge in [-0.05, 0) is 93.3 Å². The minimum Gasteiger partial charge on any atom is -0.508 e. The van der Waals surface area contributed by atoms with Gasteiger partial charge in [-0.2, -0.15) is 9.97 Å². The largest absolute Gasteiger partial charge is 0.508 e. The number of piperidine rings is 1. The number of fused-ring (bicyclic) bond motifs is 3. The minimum absolute atomic E-state index is 0.00863. The molecule has 0 bridgehead atoms. The van der Waals surface area contributed by atoms with Crippen molar-refractivity contribution < 1.29 is 37.9 Å². The van der Waals surface area contributed by atoms with Crippen molar-refractivity contribution in [1.29, 1.82) is 0 Å². The lowest BCUT2D eigenvalue weighted by atomic mass is 9.69. The molecule has 11 nitrogen and oxygen atoms in total. The van der Waals surface area contributed by atoms with E-state index in [-0.39, 0.29) is 69.2 Å². The summed E-state index contributed by atoms with van der Waals surface area (Å²) in [6.07, 6.45) is 10.4. The zero-order valence-electron chi connectivity index (χ0n) is 32.2. The lowest BCUT2D eigenvalue weighted by molar-refractivity contribution is -0.0487. The van der Waals surface area contributed by atoms with Crippen LogP contribution in [0.15, 0.2) is 30.3 Å². The Kier molecular flexibility index (Phi) is 10.7. The first-order valence-corrected chi connectivity index (χ1v) is 19.9. The molecule has 4 fully saturated rings. The van der Waals surface area contributed by atoms with Gasteiger partial charge in [0, 0.05) is 48.6 Å². The van der Waals surface area contributed by atoms with E-state index >= 15 is 8.78 Å². The summed E-state index contributed by atoms with van der Waals surface area (Å²) in [6, 6.07) is 8.10. The van der Waals surface area contributed by atoms with Gasteiger partial charge >= 0.3 is 6.01 Å². The molecule has 0 amide bonds. The molecule has 3 unspecified atom stereocenters. The first-order chi connectivity index (χ1) is 26.7. The van der Waals surface area contributed by atoms with Gasteiger partial charge in [-0.1, -0.05) is 25.5 Å². The highest BCUT2D eigenvalue weighted by molar-refractivity contribution is 6.02. The molecule has 0 spiro atoms. The molecule has 55 heavy (non-hydrogen) atoms. The van der Waals surface area contributed by atoms with Gasteiger partial charge in [0.2, 0.25) is 5.88 Å². The van der Waals surface area contributed by atoms with Crippen LogP contribution in [0.5, 0.6) is 17.6 Å². The third-order valence-electron chi connectivity index (χ3n) is 13.1. The molecule has 2 saturated carbocycles. The normalized spacial score (nSPS) is 27.7. The van der Waals surface area contributed by atoms with E-state index in [0.29, 0.717) is 43.0 Å². The van der Waals surface area contributed by atoms with Crippen molar-refractivity contribution in [2.45, 2.75) is 89.3 Å². The number of anilines is 1. The van der Waals surface area contributed by atoms with Crippen LogP contribution < -0.4 is 14.4 Å². The lowest BCUT2D eigenvalue weighted by Gasteiger charge is -2.52. The number of aliphatic hydroxyl groups excluding tert-OH is 1. The highest BCUT2D eigenvalue weighted by Gasteiger charge is 2.51. The van der Waals surface area contributed by atoms with E-state index in [1.807, 2.05) is 12.0 Å². The van der Waals surface area contributed by atoms with Crippen molar-refractivity contribution in [3.8, 4) is 28.9 Å². The summed E-state index contributed by atoms with van der Waals surface area (Å²) in [5, 5.41) is 22.1. The van der Waals surface area contributed by atoms with Gasteiger partial charge in [0.15, 0.2) is 5.82 Å². The maximum Gasteiger partial charge on any atom is 0.319 e. The summed E-state index contributed by atoms with van der Waals surface area (Å²) >= 11 is 0. The number of hydrogen-bond donors (Lipinski definition) is 2. The second kappa shape index (κ2) is 15.6. The molecule has 2 aliphatic carbocycles. The molecule has 0 radical (unpaired) electrons. The van der Waals surface area contributed by atoms with Crippen LogP contribution in [0.25, 0.3) is 32.9 Å². The number of aliphatic hydroxyl groups is 1. The highest BCUT2D eigenvalue weighted by atomic mass is 19.1. The Morgan fingerprint density at radius 3 is 2.56 bits per heavy atom. The first-order valence-electron chi connectivity index (χ1n) is 19.9. The van der Waals surface area contributed by atoms with Crippen molar-refractivity contribution in [3.63, 3.8) is 0 Å². The summed E-state index contributed by atoms with van der Waals surface area (Å²) in [5.41, 5.74) is -0.103. The van der Waals surface area contributed by atoms with E-state index in [2.05, 4.69) is 16.8 Å². The molecule has 4 heterocycles. The summed E-state index contributed by atoms with van der Waals surface area (Å²) < 4.78 is 56.2. The van der Waals surface area contributed by atoms with E-state index in [1.165, 1.54) is 57.1 Å². The van der Waals surface area contributed by atoms with E-state index in [1.54, 1.807) is 6.07 Å². The number of β-amino-alcohol motifs (C(OH)–C–C–N with tert-alkyl or cyclic N) is 1. The van der Waals surface area contributed by atoms with Crippen molar-refractivity contribution in [3.05, 3.63) is 42.0 Å². The second-order valence-electron chi connectivity index (χ2n) is 16.3. The van der Waals surface area contributed by atoms with Crippen LogP contribution in [0.2, 0.25) is 0 Å². The molecule has 2 aromatic carbocycles. The van der Waals surface area contributed by atoms with E-state index < -0.39 is 17.7 Å². The molecule has 13 heteroatoms. The fourth-order valence-corrected chi connectivity index (χ4v) is 10.3. The monoisotopic (exact) mass is 761 g/mol. The Labute approximate surface area is 321 Å². The predicted molar refractivity (Wildman–Crippen MR) is 206 cm³/mol. The quantitative estimate of drug-likeness (QED) is 0.173. The van der Waals surface area contributed by atoms with Gasteiger partial charge in [0.25, 0.3) is 0 Å². The van der Waals surface area contributed by atoms with Gasteiger partial charge in [0.1, 0.15) is 34.0 Å². The minimum atomic E-state index is -0.833. The maximum absolute atomic E-state index is 17.2. The smallest absolute Gasteiger partial charge is 0.319 e. The molecule has 2 aliphatic heterocycles. The number of likely N-dealkylation sites (tertiary alicyclic amines) is 1. The summed E-state index contributed by atoms with van der Waals surface area (Å²) in [5.74, 6) is -1.27. The summed E-state index contributed by atoms with van der Waals surface area (Å²) in [6.45, 7) is 5.59. The van der Waals surface area contributed by atoms with E-state index in [4.69, 9.17) is 28.9 Å². The average Bonchev–Trinajstić information content (AvgIpc) is 3.51. The third kappa shape index (κ3) is 7.06. The molecule has 3 atom stereocenters. The van der Waals surface area contributed by atoms with Crippen LogP contribution in [-0.4, -0.2) is 109 Å². The van der Waals surface area contributed by atoms with Gasteiger partial charge in [-0.25, -0.2) is 13.8 Å². The van der Waals surface area contributed by atoms with Crippen LogP contribution in [0.1, 0.15) is 71.1 Å². The molecule has 8 rings (SSSR count). The molecule has 2 aromatic heterocycles. The number of pyridine rings is 1. The Morgan fingerprint density at radius 1 is 0.964 bits per heavy atom. The van der Waals surface area contributed by atoms with Crippen LogP contribution in [-0.2, 0) is 9.47 Å². The number of hydrogen-bond acceptors (Lipinski definition) is 11. The highest BCUT2D eigenvalue weighted by Crippen LogP contribution is 2.51. The van der Waals surface area contributed by atoms with Gasteiger partial charge in [0.05, 0.1) is 39.6 Å². The lowest BCUT2D eigenvalue weighted by Crippen LogP contribution is -2.56. The zero-order chi connectivity index (χ0) is 38.3. The van der Waals surface area contributed by atoms with Gasteiger partial charge < -0.3 is 34.1 Å². The van der Waals surface area contributed by atoms with Gasteiger partial charge in [-0.3, -0.25) is 4.90 Å². The second-order valence-corrected chi connectivity index (χ2v) is 16.3. The standard InChI is InChI=1S/C42H53F2N5O6/c1-4-41(24-52-2)15-11-27(12-16-41)49-17-7-14-42(13-6-10-32(42)49)25-55-40-46-37-34(38(47-40)48-18-19-54-23-29(51)22-48)39(53-3)45-36(35(37)44)30-21-28(50)20-26-8-5-9-31(43)33(26)30/h5,8-9,20-21,27,29,32,50-51H,4,6-7,10-19,22-25H2,1-3H3. The Morgan fingerprint density at radius 2 is 1.78 bits per heavy atom. The Bertz CT molecular complexity index is 2030. The Balaban J connectivity index is 1.17. The number of aromatic hydroxyl groups is 1. The van der Waals surface area contributed by atoms with Crippen molar-refractivity contribution in [2.24, 2.45) is 10.8 Å². The maximum atomic E-state index is 17.2. The number of methoxy groups -OCH3 is 2. The van der Waals surface area contributed by atoms with E-state index in [0.717, 1.165) is 51.7 Å². The fourth-order valence-electron chi connectivity index (χ4n) is 10.3. The van der Waals surface area contributed by atoms with Gasteiger partial charge in [-0.15, -0.1) is 0 Å². The number of phenolic OH excluding ortho intramolecular Hbond substituents is 1. The average molecular weight is 762 g/mol. The number of halogens is 2. The number of nitrogens with zero attached hydrogens (tertiary/aromatic N) is 5. The molecular formula is C42H53F2N5O6. The molecule has 4 aromatic rings. The number of aromatic nitrogens is 3. The van der Waals surface area contributed by atoms with Crippen LogP contribution in [0, 0.1) is 22.5 Å². The van der Waals surface area contributed by atoms with E-state index in [9.17, 15) is 10.2 Å². The summed E-state index contributed by atoms with van der Waals surface area (Å²) in [7, 11) is 3.23. The van der Waals surface area contributed by atoms with Crippen molar-refractivity contribution in [2.75, 3.05) is 65.2 Å². The topological polar surface area (TPSA) is 123 Å². The summed E-state index contributed by atoms with van der Waals surface area (Å²) in [4.78, 5) is 18.8. The zero-order valence-corrected chi connectivity index (χ0v) is 32.2. The number of phenols is 1. The van der Waals surface area contributed by atoms with Crippen LogP contribution >= 0.6 is 0 Å². The first kappa shape index (κ1) is 38.0. The number of ether oxygens (including phenoxy) is 4. The van der Waals surface area contributed by atoms with Crippen molar-refractivity contribution >= 4 is 27.5 Å². The van der Waals surface area contributed by atoms with Crippen LogP contribution in [0.3, 0.4) is 0 Å².